The molecule has 0 aliphatic rings. The van der Waals surface area contributed by atoms with E-state index < -0.39 is 0 Å². The minimum Gasteiger partial charge on any atom is -0.484 e. The first-order chi connectivity index (χ1) is 6.65. The Hall–Kier alpha value is -1.32. The van der Waals surface area contributed by atoms with E-state index in [0.717, 1.165) is 6.42 Å². The van der Waals surface area contributed by atoms with Crippen LogP contribution in [-0.4, -0.2) is 32.6 Å². The summed E-state index contributed by atoms with van der Waals surface area (Å²) in [6, 6.07) is 0. The van der Waals surface area contributed by atoms with Crippen molar-refractivity contribution in [3.63, 3.8) is 0 Å². The zero-order valence-corrected chi connectivity index (χ0v) is 8.95. The van der Waals surface area contributed by atoms with E-state index in [1.165, 1.54) is 14.2 Å². The molecule has 0 rings (SSSR count). The summed E-state index contributed by atoms with van der Waals surface area (Å²) in [5.41, 5.74) is 0. The predicted octanol–water partition coefficient (Wildman–Crippen LogP) is 1.42. The lowest BCUT2D eigenvalue weighted by Crippen LogP contribution is -2.15. The molecule has 80 valence electrons. The molecule has 0 amide bonds. The number of carbonyl (C=O) groups excluding carboxylic acids is 1. The Morgan fingerprint density at radius 2 is 2.14 bits per heavy atom. The van der Waals surface area contributed by atoms with Crippen LogP contribution in [0.1, 0.15) is 13.3 Å². The number of allylic oxidation sites excluding steroid dienone is 1. The van der Waals surface area contributed by atoms with E-state index in [1.807, 2.05) is 6.92 Å². The molecule has 4 nitrogen and oxygen atoms in total. The third-order valence-electron chi connectivity index (χ3n) is 1.74. The average Bonchev–Trinajstić information content (AvgIpc) is 2.18. The molecule has 0 N–H and O–H groups in total. The molecule has 14 heavy (non-hydrogen) atoms. The SMILES string of the molecule is C=CC[C@@H](C)C(=NCC(=O)OC)OC. The normalized spacial score (nSPS) is 13.2. The summed E-state index contributed by atoms with van der Waals surface area (Å²) in [5, 5.41) is 0. The number of nitrogens with zero attached hydrogens (tertiary/aromatic N) is 1. The molecule has 0 aliphatic heterocycles. The maximum atomic E-state index is 10.8. The van der Waals surface area contributed by atoms with Gasteiger partial charge >= 0.3 is 5.97 Å². The van der Waals surface area contributed by atoms with Gasteiger partial charge < -0.3 is 9.47 Å². The van der Waals surface area contributed by atoms with Gasteiger partial charge in [-0.1, -0.05) is 13.0 Å². The lowest BCUT2D eigenvalue weighted by molar-refractivity contribution is -0.138. The molecule has 0 radical (unpaired) electrons. The monoisotopic (exact) mass is 199 g/mol. The van der Waals surface area contributed by atoms with Gasteiger partial charge in [-0.2, -0.15) is 0 Å². The van der Waals surface area contributed by atoms with Crippen molar-refractivity contribution >= 4 is 11.9 Å². The van der Waals surface area contributed by atoms with E-state index in [-0.39, 0.29) is 18.4 Å². The van der Waals surface area contributed by atoms with E-state index in [9.17, 15) is 4.79 Å². The Morgan fingerprint density at radius 3 is 2.57 bits per heavy atom. The highest BCUT2D eigenvalue weighted by atomic mass is 16.5. The van der Waals surface area contributed by atoms with Crippen molar-refractivity contribution in [3.05, 3.63) is 12.7 Å². The van der Waals surface area contributed by atoms with Gasteiger partial charge in [-0.05, 0) is 6.42 Å². The number of carbonyl (C=O) groups is 1. The van der Waals surface area contributed by atoms with Gasteiger partial charge in [0, 0.05) is 5.92 Å². The summed E-state index contributed by atoms with van der Waals surface area (Å²) in [5.74, 6) is 0.322. The molecule has 0 aliphatic carbocycles. The molecule has 1 atom stereocenters. The maximum Gasteiger partial charge on any atom is 0.327 e. The molecule has 0 bridgehead atoms. The van der Waals surface area contributed by atoms with Gasteiger partial charge in [0.05, 0.1) is 14.2 Å². The Balaban J connectivity index is 4.23. The molecule has 0 aromatic heterocycles. The molecule has 0 unspecified atom stereocenters. The van der Waals surface area contributed by atoms with Crippen LogP contribution in [-0.2, 0) is 14.3 Å². The highest BCUT2D eigenvalue weighted by Crippen LogP contribution is 2.06. The van der Waals surface area contributed by atoms with E-state index in [2.05, 4.69) is 16.3 Å². The van der Waals surface area contributed by atoms with Crippen LogP contribution in [0.4, 0.5) is 0 Å². The maximum absolute atomic E-state index is 10.8. The summed E-state index contributed by atoms with van der Waals surface area (Å²) >= 11 is 0. The highest BCUT2D eigenvalue weighted by molar-refractivity contribution is 5.81. The smallest absolute Gasteiger partial charge is 0.327 e. The third-order valence-corrected chi connectivity index (χ3v) is 1.74. The lowest BCUT2D eigenvalue weighted by Gasteiger charge is -2.10. The average molecular weight is 199 g/mol. The lowest BCUT2D eigenvalue weighted by atomic mass is 10.1. The van der Waals surface area contributed by atoms with E-state index >= 15 is 0 Å². The standard InChI is InChI=1S/C10H17NO3/c1-5-6-8(2)10(14-4)11-7-9(12)13-3/h5,8H,1,6-7H2,2-4H3/t8-/m1/s1. The first-order valence-electron chi connectivity index (χ1n) is 4.41. The fourth-order valence-electron chi connectivity index (χ4n) is 0.979. The van der Waals surface area contributed by atoms with Crippen LogP contribution < -0.4 is 0 Å². The van der Waals surface area contributed by atoms with Gasteiger partial charge in [0.2, 0.25) is 0 Å². The summed E-state index contributed by atoms with van der Waals surface area (Å²) in [6.45, 7) is 5.59. The van der Waals surface area contributed by atoms with Crippen molar-refractivity contribution in [1.29, 1.82) is 0 Å². The Bertz CT molecular complexity index is 223. The Kier molecular flexibility index (Phi) is 6.45. The zero-order valence-electron chi connectivity index (χ0n) is 8.95. The van der Waals surface area contributed by atoms with Crippen LogP contribution in [0.3, 0.4) is 0 Å². The second kappa shape index (κ2) is 7.12. The van der Waals surface area contributed by atoms with Crippen LogP contribution in [0.5, 0.6) is 0 Å². The largest absolute Gasteiger partial charge is 0.484 e. The number of rotatable bonds is 5. The Morgan fingerprint density at radius 1 is 1.50 bits per heavy atom. The number of methoxy groups -OCH3 is 2. The second-order valence-corrected chi connectivity index (χ2v) is 2.86. The van der Waals surface area contributed by atoms with Crippen molar-refractivity contribution in [1.82, 2.24) is 0 Å². The van der Waals surface area contributed by atoms with Crippen LogP contribution in [0, 0.1) is 5.92 Å². The summed E-state index contributed by atoms with van der Waals surface area (Å²) in [7, 11) is 2.87. The van der Waals surface area contributed by atoms with Gasteiger partial charge in [-0.25, -0.2) is 4.99 Å². The van der Waals surface area contributed by atoms with Crippen LogP contribution in [0.15, 0.2) is 17.6 Å². The highest BCUT2D eigenvalue weighted by Gasteiger charge is 2.09. The van der Waals surface area contributed by atoms with Gasteiger partial charge in [0.25, 0.3) is 0 Å². The molecule has 0 aromatic rings. The molecule has 0 fully saturated rings. The first-order valence-corrected chi connectivity index (χ1v) is 4.41. The fourth-order valence-corrected chi connectivity index (χ4v) is 0.979. The Labute approximate surface area is 84.6 Å². The predicted molar refractivity (Wildman–Crippen MR) is 55.3 cm³/mol. The van der Waals surface area contributed by atoms with Crippen molar-refractivity contribution in [2.45, 2.75) is 13.3 Å². The van der Waals surface area contributed by atoms with Crippen LogP contribution in [0.25, 0.3) is 0 Å². The number of esters is 1. The molecule has 0 spiro atoms. The number of hydrogen-bond acceptors (Lipinski definition) is 4. The van der Waals surface area contributed by atoms with Gasteiger partial charge in [-0.15, -0.1) is 6.58 Å². The molecule has 0 saturated carbocycles. The molecule has 0 heterocycles. The molecule has 0 saturated heterocycles. The van der Waals surface area contributed by atoms with Crippen molar-refractivity contribution < 1.29 is 14.3 Å². The fraction of sp³-hybridized carbons (Fsp3) is 0.600. The minimum atomic E-state index is -0.370. The molecule has 0 aromatic carbocycles. The van der Waals surface area contributed by atoms with Crippen LogP contribution >= 0.6 is 0 Å². The number of aliphatic imine (C=N–C) groups is 1. The number of ether oxygens (including phenoxy) is 2. The van der Waals surface area contributed by atoms with Gasteiger partial charge in [-0.3, -0.25) is 4.79 Å². The van der Waals surface area contributed by atoms with Crippen molar-refractivity contribution in [3.8, 4) is 0 Å². The topological polar surface area (TPSA) is 47.9 Å². The summed E-state index contributed by atoms with van der Waals surface area (Å²) in [6.07, 6.45) is 2.56. The van der Waals surface area contributed by atoms with Gasteiger partial charge in [0.15, 0.2) is 5.90 Å². The summed E-state index contributed by atoms with van der Waals surface area (Å²) < 4.78 is 9.52. The third kappa shape index (κ3) is 4.64. The van der Waals surface area contributed by atoms with Gasteiger partial charge in [0.1, 0.15) is 6.54 Å². The van der Waals surface area contributed by atoms with E-state index in [4.69, 9.17) is 4.74 Å². The molecule has 4 heteroatoms. The quantitative estimate of drug-likeness (QED) is 0.291. The van der Waals surface area contributed by atoms with Crippen molar-refractivity contribution in [2.24, 2.45) is 10.9 Å². The number of hydrogen-bond donors (Lipinski definition) is 0. The minimum absolute atomic E-state index is 0.00115. The molecular weight excluding hydrogens is 182 g/mol. The summed E-state index contributed by atoms with van der Waals surface area (Å²) in [4.78, 5) is 14.8. The molecular formula is C10H17NO3. The first kappa shape index (κ1) is 12.7. The van der Waals surface area contributed by atoms with E-state index in [0.29, 0.717) is 5.90 Å². The zero-order chi connectivity index (χ0) is 11.0. The second-order valence-electron chi connectivity index (χ2n) is 2.86. The van der Waals surface area contributed by atoms with Crippen LogP contribution in [0.2, 0.25) is 0 Å². The van der Waals surface area contributed by atoms with E-state index in [1.54, 1.807) is 6.08 Å². The van der Waals surface area contributed by atoms with Crippen molar-refractivity contribution in [2.75, 3.05) is 20.8 Å².